The van der Waals surface area contributed by atoms with Crippen molar-refractivity contribution in [2.24, 2.45) is 0 Å². The summed E-state index contributed by atoms with van der Waals surface area (Å²) in [4.78, 5) is 0. The van der Waals surface area contributed by atoms with Gasteiger partial charge in [-0.15, -0.1) is 6.42 Å². The SMILES string of the molecule is BC(F)C#CC#C. The molecule has 0 saturated carbocycles. The highest BCUT2D eigenvalue weighted by atomic mass is 19.1. The van der Waals surface area contributed by atoms with E-state index in [1.54, 1.807) is 0 Å². The van der Waals surface area contributed by atoms with Crippen LogP contribution in [0.3, 0.4) is 0 Å². The van der Waals surface area contributed by atoms with Gasteiger partial charge in [0.25, 0.3) is 0 Å². The predicted molar refractivity (Wildman–Crippen MR) is 30.0 cm³/mol. The molecule has 1 atom stereocenters. The fourth-order valence-corrected chi connectivity index (χ4v) is 0.141. The molecular weight excluding hydrogens is 89.9 g/mol. The average Bonchev–Trinajstić information content (AvgIpc) is 1.61. The summed E-state index contributed by atoms with van der Waals surface area (Å²) in [5, 5.41) is 0. The summed E-state index contributed by atoms with van der Waals surface area (Å²) in [6, 6.07) is 0. The third-order valence-electron chi connectivity index (χ3n) is 0.343. The Morgan fingerprint density at radius 3 is 2.43 bits per heavy atom. The van der Waals surface area contributed by atoms with Crippen molar-refractivity contribution in [1.29, 1.82) is 0 Å². The highest BCUT2D eigenvalue weighted by Crippen LogP contribution is 1.74. The van der Waals surface area contributed by atoms with E-state index in [0.29, 0.717) is 0 Å². The largest absolute Gasteiger partial charge is 0.244 e. The van der Waals surface area contributed by atoms with E-state index in [0.717, 1.165) is 0 Å². The number of rotatable bonds is 0. The zero-order valence-electron chi connectivity index (χ0n) is 4.03. The summed E-state index contributed by atoms with van der Waals surface area (Å²) >= 11 is 0. The van der Waals surface area contributed by atoms with Crippen molar-refractivity contribution in [2.45, 2.75) is 6.07 Å². The van der Waals surface area contributed by atoms with Crippen LogP contribution in [0.4, 0.5) is 4.39 Å². The van der Waals surface area contributed by atoms with Crippen LogP contribution in [0.5, 0.6) is 0 Å². The maximum absolute atomic E-state index is 11.6. The van der Waals surface area contributed by atoms with Gasteiger partial charge >= 0.3 is 0 Å². The molecule has 0 aromatic rings. The molecular formula is C5H4BF. The van der Waals surface area contributed by atoms with E-state index in [1.165, 1.54) is 7.85 Å². The highest BCUT2D eigenvalue weighted by Gasteiger charge is 1.83. The van der Waals surface area contributed by atoms with Crippen LogP contribution in [0, 0.1) is 24.2 Å². The smallest absolute Gasteiger partial charge is 0.162 e. The second kappa shape index (κ2) is 3.31. The number of alkyl halides is 1. The van der Waals surface area contributed by atoms with Gasteiger partial charge in [-0.2, -0.15) is 0 Å². The average molecular weight is 93.9 g/mol. The Bertz CT molecular complexity index is 132. The summed E-state index contributed by atoms with van der Waals surface area (Å²) in [6.45, 7) is 0. The van der Waals surface area contributed by atoms with E-state index < -0.39 is 6.07 Å². The normalized spacial score (nSPS) is 10.3. The van der Waals surface area contributed by atoms with E-state index in [1.807, 2.05) is 5.92 Å². The number of hydrogen-bond acceptors (Lipinski definition) is 0. The molecule has 0 saturated heterocycles. The van der Waals surface area contributed by atoms with E-state index in [9.17, 15) is 4.39 Å². The molecule has 0 aliphatic carbocycles. The molecule has 0 nitrogen and oxygen atoms in total. The zero-order valence-corrected chi connectivity index (χ0v) is 4.03. The highest BCUT2D eigenvalue weighted by molar-refractivity contribution is 6.12. The Balaban J connectivity index is 3.50. The van der Waals surface area contributed by atoms with Gasteiger partial charge in [-0.1, -0.05) is 5.92 Å². The fourth-order valence-electron chi connectivity index (χ4n) is 0.141. The fraction of sp³-hybridized carbons (Fsp3) is 0.200. The lowest BCUT2D eigenvalue weighted by Gasteiger charge is -1.76. The van der Waals surface area contributed by atoms with Crippen LogP contribution in [0.25, 0.3) is 0 Å². The van der Waals surface area contributed by atoms with Crippen molar-refractivity contribution in [3.05, 3.63) is 0 Å². The van der Waals surface area contributed by atoms with Gasteiger partial charge in [0.1, 0.15) is 6.07 Å². The summed E-state index contributed by atoms with van der Waals surface area (Å²) < 4.78 is 11.6. The molecule has 0 aliphatic heterocycles. The molecule has 0 aliphatic rings. The number of hydrogen-bond donors (Lipinski definition) is 0. The van der Waals surface area contributed by atoms with Crippen LogP contribution in [-0.2, 0) is 0 Å². The predicted octanol–water partition coefficient (Wildman–Crippen LogP) is -0.448. The van der Waals surface area contributed by atoms with Crippen LogP contribution in [0.2, 0.25) is 0 Å². The van der Waals surface area contributed by atoms with Gasteiger partial charge in [0, 0.05) is 0 Å². The molecule has 0 aromatic heterocycles. The topological polar surface area (TPSA) is 0 Å². The molecule has 0 rings (SSSR count). The van der Waals surface area contributed by atoms with Crippen molar-refractivity contribution < 1.29 is 4.39 Å². The molecule has 2 heteroatoms. The van der Waals surface area contributed by atoms with Crippen molar-refractivity contribution in [2.75, 3.05) is 0 Å². The summed E-state index contributed by atoms with van der Waals surface area (Å²) in [5.74, 6) is 6.29. The molecule has 0 N–H and O–H groups in total. The summed E-state index contributed by atoms with van der Waals surface area (Å²) in [5.41, 5.74) is 0. The summed E-state index contributed by atoms with van der Waals surface area (Å²) in [6.07, 6.45) is 3.59. The first-order valence-electron chi connectivity index (χ1n) is 1.87. The summed E-state index contributed by atoms with van der Waals surface area (Å²) in [7, 11) is 1.34. The number of terminal acetylenes is 1. The van der Waals surface area contributed by atoms with E-state index in [2.05, 4.69) is 18.3 Å². The molecule has 34 valence electrons. The van der Waals surface area contributed by atoms with E-state index in [-0.39, 0.29) is 0 Å². The minimum Gasteiger partial charge on any atom is -0.244 e. The van der Waals surface area contributed by atoms with Crippen LogP contribution < -0.4 is 0 Å². The molecule has 0 amide bonds. The monoisotopic (exact) mass is 94.0 g/mol. The third kappa shape index (κ3) is 5.11. The van der Waals surface area contributed by atoms with E-state index >= 15 is 0 Å². The standard InChI is InChI=1S/C5H4BF/c1-2-3-4-5(6)7/h1,5H,6H2. The van der Waals surface area contributed by atoms with Crippen LogP contribution in [-0.4, -0.2) is 13.9 Å². The van der Waals surface area contributed by atoms with Crippen LogP contribution in [0.15, 0.2) is 0 Å². The molecule has 0 spiro atoms. The molecule has 1 unspecified atom stereocenters. The van der Waals surface area contributed by atoms with Gasteiger partial charge in [0.15, 0.2) is 7.85 Å². The van der Waals surface area contributed by atoms with E-state index in [4.69, 9.17) is 0 Å². The lowest BCUT2D eigenvalue weighted by Crippen LogP contribution is -1.90. The van der Waals surface area contributed by atoms with Gasteiger partial charge in [0.05, 0.1) is 0 Å². The second-order valence-corrected chi connectivity index (χ2v) is 1.03. The van der Waals surface area contributed by atoms with Crippen molar-refractivity contribution in [1.82, 2.24) is 0 Å². The maximum atomic E-state index is 11.6. The Kier molecular flexibility index (Phi) is 2.89. The molecule has 0 bridgehead atoms. The van der Waals surface area contributed by atoms with Crippen molar-refractivity contribution >= 4 is 7.85 Å². The molecule has 0 radical (unpaired) electrons. The lowest BCUT2D eigenvalue weighted by atomic mass is 10.0. The van der Waals surface area contributed by atoms with Gasteiger partial charge in [0.2, 0.25) is 0 Å². The first-order chi connectivity index (χ1) is 3.27. The number of halogens is 1. The Morgan fingerprint density at radius 2 is 2.29 bits per heavy atom. The van der Waals surface area contributed by atoms with Crippen molar-refractivity contribution in [3.63, 3.8) is 0 Å². The van der Waals surface area contributed by atoms with Crippen LogP contribution in [0.1, 0.15) is 0 Å². The Labute approximate surface area is 43.5 Å². The molecule has 0 aromatic carbocycles. The molecule has 0 fully saturated rings. The molecule has 7 heavy (non-hydrogen) atoms. The van der Waals surface area contributed by atoms with Crippen LogP contribution >= 0.6 is 0 Å². The minimum absolute atomic E-state index is 1.10. The maximum Gasteiger partial charge on any atom is 0.162 e. The lowest BCUT2D eigenvalue weighted by molar-refractivity contribution is 0.524. The van der Waals surface area contributed by atoms with Gasteiger partial charge < -0.3 is 0 Å². The first kappa shape index (κ1) is 6.11. The van der Waals surface area contributed by atoms with Gasteiger partial charge in [-0.25, -0.2) is 4.39 Å². The zero-order chi connectivity index (χ0) is 5.70. The minimum atomic E-state index is -1.10. The van der Waals surface area contributed by atoms with Gasteiger partial charge in [-0.3, -0.25) is 0 Å². The van der Waals surface area contributed by atoms with Gasteiger partial charge in [-0.05, 0) is 11.8 Å². The second-order valence-electron chi connectivity index (χ2n) is 1.03. The first-order valence-corrected chi connectivity index (χ1v) is 1.87. The quantitative estimate of drug-likeness (QED) is 0.281. The van der Waals surface area contributed by atoms with Crippen molar-refractivity contribution in [3.8, 4) is 24.2 Å². The molecule has 0 heterocycles. The Hall–Kier alpha value is -0.885. The third-order valence-corrected chi connectivity index (χ3v) is 0.343. The Morgan fingerprint density at radius 1 is 1.71 bits per heavy atom.